The summed E-state index contributed by atoms with van der Waals surface area (Å²) >= 11 is 5.91. The number of hydrogen-bond acceptors (Lipinski definition) is 7. The minimum absolute atomic E-state index is 0.0483. The Morgan fingerprint density at radius 1 is 1.36 bits per heavy atom. The first-order chi connectivity index (χ1) is 13.6. The third kappa shape index (κ3) is 3.50. The molecule has 0 amide bonds. The predicted octanol–water partition coefficient (Wildman–Crippen LogP) is 2.97. The van der Waals surface area contributed by atoms with Crippen LogP contribution in [0, 0.1) is 0 Å². The minimum Gasteiger partial charge on any atom is -0.479 e. The Hall–Kier alpha value is -2.78. The van der Waals surface area contributed by atoms with Crippen LogP contribution >= 0.6 is 11.6 Å². The highest BCUT2D eigenvalue weighted by Gasteiger charge is 2.38. The number of nitrogens with zero attached hydrogens (tertiary/aromatic N) is 4. The molecule has 0 spiro atoms. The van der Waals surface area contributed by atoms with E-state index in [2.05, 4.69) is 15.0 Å². The van der Waals surface area contributed by atoms with E-state index in [1.807, 2.05) is 0 Å². The minimum atomic E-state index is -1.34. The third-order valence-electron chi connectivity index (χ3n) is 4.37. The molecule has 2 aromatic heterocycles. The van der Waals surface area contributed by atoms with E-state index >= 15 is 0 Å². The second-order valence-electron chi connectivity index (χ2n) is 6.19. The molecule has 0 bridgehead atoms. The molecule has 4 rings (SSSR count). The van der Waals surface area contributed by atoms with Gasteiger partial charge in [0.1, 0.15) is 12.8 Å². The molecule has 0 aliphatic carbocycles. The summed E-state index contributed by atoms with van der Waals surface area (Å²) in [5, 5.41) is -0.0483. The zero-order valence-electron chi connectivity index (χ0n) is 14.8. The van der Waals surface area contributed by atoms with Gasteiger partial charge in [-0.15, -0.1) is 0 Å². The number of halogens is 2. The number of aromatic nitrogens is 4. The molecular formula is C18H16ClFN4O4. The molecule has 10 heteroatoms. The molecule has 0 N–H and O–H groups in total. The van der Waals surface area contributed by atoms with Gasteiger partial charge in [-0.1, -0.05) is 18.2 Å². The van der Waals surface area contributed by atoms with Gasteiger partial charge in [0, 0.05) is 6.42 Å². The molecule has 1 fully saturated rings. The van der Waals surface area contributed by atoms with Gasteiger partial charge in [-0.25, -0.2) is 14.2 Å². The molecule has 0 radical (unpaired) electrons. The van der Waals surface area contributed by atoms with Crippen molar-refractivity contribution in [2.45, 2.75) is 24.9 Å². The lowest BCUT2D eigenvalue weighted by molar-refractivity contribution is -0.0420. The number of carbonyl (C=O) groups excluding carboxylic acids is 1. The van der Waals surface area contributed by atoms with Crippen LogP contribution in [0.25, 0.3) is 11.2 Å². The molecule has 1 aliphatic heterocycles. The van der Waals surface area contributed by atoms with Gasteiger partial charge in [-0.2, -0.15) is 9.97 Å². The monoisotopic (exact) mass is 406 g/mol. The number of benzene rings is 1. The highest BCUT2D eigenvalue weighted by molar-refractivity contribution is 6.28. The second-order valence-corrected chi connectivity index (χ2v) is 6.53. The average Bonchev–Trinajstić information content (AvgIpc) is 3.29. The van der Waals surface area contributed by atoms with Gasteiger partial charge in [-0.3, -0.25) is 4.57 Å². The van der Waals surface area contributed by atoms with Crippen LogP contribution in [0.2, 0.25) is 5.28 Å². The molecule has 3 heterocycles. The van der Waals surface area contributed by atoms with Gasteiger partial charge in [0.15, 0.2) is 17.4 Å². The summed E-state index contributed by atoms with van der Waals surface area (Å²) in [6, 6.07) is 8.57. The molecule has 3 aromatic rings. The van der Waals surface area contributed by atoms with Gasteiger partial charge in [0.05, 0.1) is 25.1 Å². The average molecular weight is 407 g/mol. The van der Waals surface area contributed by atoms with E-state index in [0.29, 0.717) is 16.7 Å². The summed E-state index contributed by atoms with van der Waals surface area (Å²) < 4.78 is 32.2. The van der Waals surface area contributed by atoms with Crippen molar-refractivity contribution < 1.29 is 23.4 Å². The van der Waals surface area contributed by atoms with E-state index in [1.54, 1.807) is 30.3 Å². The number of ether oxygens (including phenoxy) is 3. The van der Waals surface area contributed by atoms with E-state index in [-0.39, 0.29) is 24.2 Å². The fourth-order valence-corrected chi connectivity index (χ4v) is 3.23. The summed E-state index contributed by atoms with van der Waals surface area (Å²) in [6.07, 6.45) is -1.43. The number of fused-ring (bicyclic) bond motifs is 1. The summed E-state index contributed by atoms with van der Waals surface area (Å²) in [6.45, 7) is -0.0592. The Labute approximate surface area is 164 Å². The van der Waals surface area contributed by atoms with Crippen molar-refractivity contribution in [1.82, 2.24) is 19.5 Å². The van der Waals surface area contributed by atoms with Gasteiger partial charge >= 0.3 is 5.97 Å². The Morgan fingerprint density at radius 2 is 2.14 bits per heavy atom. The van der Waals surface area contributed by atoms with E-state index in [0.717, 1.165) is 0 Å². The van der Waals surface area contributed by atoms with Crippen molar-refractivity contribution in [3.63, 3.8) is 0 Å². The number of esters is 1. The topological polar surface area (TPSA) is 88.4 Å². The fourth-order valence-electron chi connectivity index (χ4n) is 3.07. The van der Waals surface area contributed by atoms with Crippen LogP contribution in [-0.4, -0.2) is 51.5 Å². The van der Waals surface area contributed by atoms with Gasteiger partial charge < -0.3 is 14.2 Å². The standard InChI is InChI=1S/C18H16ClFN4O4/c1-26-15-13-14(22-18(19)23-15)24(9-21-13)16-12(20)7-11(28-16)8-27-17(25)10-5-3-2-4-6-10/h2-6,9,11-12,16H,7-8H2,1H3. The molecule has 28 heavy (non-hydrogen) atoms. The van der Waals surface area contributed by atoms with E-state index < -0.39 is 24.5 Å². The molecule has 3 unspecified atom stereocenters. The Kier molecular flexibility index (Phi) is 5.10. The highest BCUT2D eigenvalue weighted by Crippen LogP contribution is 2.34. The molecule has 146 valence electrons. The number of imidazole rings is 1. The molecular weight excluding hydrogens is 391 g/mol. The maximum Gasteiger partial charge on any atom is 0.338 e. The van der Waals surface area contributed by atoms with Gasteiger partial charge in [0.25, 0.3) is 0 Å². The largest absolute Gasteiger partial charge is 0.479 e. The smallest absolute Gasteiger partial charge is 0.338 e. The van der Waals surface area contributed by atoms with Crippen molar-refractivity contribution in [2.75, 3.05) is 13.7 Å². The fraction of sp³-hybridized carbons (Fsp3) is 0.333. The summed E-state index contributed by atoms with van der Waals surface area (Å²) in [5.41, 5.74) is 1.07. The van der Waals surface area contributed by atoms with Crippen molar-refractivity contribution in [3.8, 4) is 5.88 Å². The molecule has 0 saturated carbocycles. The molecule has 3 atom stereocenters. The van der Waals surface area contributed by atoms with Crippen LogP contribution in [-0.2, 0) is 9.47 Å². The van der Waals surface area contributed by atoms with Gasteiger partial charge in [0.2, 0.25) is 11.2 Å². The second kappa shape index (κ2) is 7.69. The van der Waals surface area contributed by atoms with Crippen LogP contribution in [0.4, 0.5) is 4.39 Å². The van der Waals surface area contributed by atoms with Crippen molar-refractivity contribution in [3.05, 3.63) is 47.5 Å². The van der Waals surface area contributed by atoms with Crippen molar-refractivity contribution >= 4 is 28.7 Å². The zero-order chi connectivity index (χ0) is 19.7. The quantitative estimate of drug-likeness (QED) is 0.475. The number of rotatable bonds is 5. The Morgan fingerprint density at radius 3 is 2.89 bits per heavy atom. The first-order valence-electron chi connectivity index (χ1n) is 8.52. The van der Waals surface area contributed by atoms with Crippen LogP contribution in [0.5, 0.6) is 5.88 Å². The molecule has 8 nitrogen and oxygen atoms in total. The highest BCUT2D eigenvalue weighted by atomic mass is 35.5. The van der Waals surface area contributed by atoms with E-state index in [9.17, 15) is 9.18 Å². The lowest BCUT2D eigenvalue weighted by atomic mass is 10.2. The number of alkyl halides is 1. The summed E-state index contributed by atoms with van der Waals surface area (Å²) in [7, 11) is 1.43. The van der Waals surface area contributed by atoms with Crippen LogP contribution in [0.1, 0.15) is 23.0 Å². The SMILES string of the molecule is COc1nc(Cl)nc2c1ncn2C1OC(COC(=O)c2ccccc2)CC1F. The van der Waals surface area contributed by atoms with E-state index in [1.165, 1.54) is 18.0 Å². The zero-order valence-corrected chi connectivity index (χ0v) is 15.5. The first-order valence-corrected chi connectivity index (χ1v) is 8.90. The van der Waals surface area contributed by atoms with Crippen LogP contribution < -0.4 is 4.74 Å². The van der Waals surface area contributed by atoms with E-state index in [4.69, 9.17) is 25.8 Å². The first kappa shape index (κ1) is 18.6. The van der Waals surface area contributed by atoms with Gasteiger partial charge in [-0.05, 0) is 23.7 Å². The molecule has 1 aromatic carbocycles. The normalized spacial score (nSPS) is 21.8. The van der Waals surface area contributed by atoms with Crippen molar-refractivity contribution in [1.29, 1.82) is 0 Å². The Balaban J connectivity index is 1.48. The Bertz CT molecular complexity index is 1000. The number of hydrogen-bond donors (Lipinski definition) is 0. The molecule has 1 saturated heterocycles. The maximum atomic E-state index is 14.6. The summed E-state index contributed by atoms with van der Waals surface area (Å²) in [4.78, 5) is 24.3. The lowest BCUT2D eigenvalue weighted by Crippen LogP contribution is -2.19. The van der Waals surface area contributed by atoms with Crippen LogP contribution in [0.3, 0.4) is 0 Å². The lowest BCUT2D eigenvalue weighted by Gasteiger charge is -2.16. The number of carbonyl (C=O) groups is 1. The molecule has 1 aliphatic rings. The summed E-state index contributed by atoms with van der Waals surface area (Å²) in [5.74, 6) is -0.295. The maximum absolute atomic E-state index is 14.6. The van der Waals surface area contributed by atoms with Crippen molar-refractivity contribution in [2.24, 2.45) is 0 Å². The number of methoxy groups -OCH3 is 1. The predicted molar refractivity (Wildman–Crippen MR) is 97.0 cm³/mol. The van der Waals surface area contributed by atoms with Crippen LogP contribution in [0.15, 0.2) is 36.7 Å². The third-order valence-corrected chi connectivity index (χ3v) is 4.54.